The molecule has 114 valence electrons. The molecular weight excluding hydrogens is 288 g/mol. The minimum absolute atomic E-state index is 0.00657. The summed E-state index contributed by atoms with van der Waals surface area (Å²) in [6, 6.07) is 6.46. The van der Waals surface area contributed by atoms with E-state index in [-0.39, 0.29) is 13.0 Å². The lowest BCUT2D eigenvalue weighted by atomic mass is 9.85. The van der Waals surface area contributed by atoms with E-state index in [0.717, 1.165) is 9.96 Å². The number of rotatable bonds is 3. The van der Waals surface area contributed by atoms with Crippen LogP contribution >= 0.6 is 0 Å². The lowest BCUT2D eigenvalue weighted by Gasteiger charge is -2.49. The minimum atomic E-state index is -1.28. The molecule has 22 heavy (non-hydrogen) atoms. The molecule has 0 radical (unpaired) electrons. The first-order valence-corrected chi connectivity index (χ1v) is 6.91. The van der Waals surface area contributed by atoms with Crippen molar-refractivity contribution in [2.45, 2.75) is 25.8 Å². The highest BCUT2D eigenvalue weighted by Gasteiger charge is 2.62. The number of carbonyl (C=O) groups excluding carboxylic acids is 4. The molecule has 0 saturated carbocycles. The first-order valence-electron chi connectivity index (χ1n) is 6.91. The summed E-state index contributed by atoms with van der Waals surface area (Å²) in [6.45, 7) is 2.89. The molecule has 2 aliphatic heterocycles. The fraction of sp³-hybridized carbons (Fsp3) is 0.333. The van der Waals surface area contributed by atoms with E-state index < -0.39 is 29.2 Å². The van der Waals surface area contributed by atoms with Crippen LogP contribution in [0, 0.1) is 0 Å². The van der Waals surface area contributed by atoms with Gasteiger partial charge in [0.25, 0.3) is 17.7 Å². The van der Waals surface area contributed by atoms with Gasteiger partial charge in [-0.3, -0.25) is 24.1 Å². The maximum atomic E-state index is 12.5. The molecule has 0 aliphatic carbocycles. The average molecular weight is 302 g/mol. The zero-order valence-corrected chi connectivity index (χ0v) is 12.2. The SMILES string of the molecule is CCC1(N2C(=O)c3ccccc3C2=O)CN(OC(C)=O)C1=O. The van der Waals surface area contributed by atoms with Gasteiger partial charge in [-0.2, -0.15) is 5.06 Å². The predicted molar refractivity (Wildman–Crippen MR) is 73.4 cm³/mol. The molecule has 0 bridgehead atoms. The van der Waals surface area contributed by atoms with Crippen molar-refractivity contribution >= 4 is 23.7 Å². The van der Waals surface area contributed by atoms with E-state index >= 15 is 0 Å². The first-order chi connectivity index (χ1) is 10.4. The number of hydroxylamine groups is 2. The summed E-state index contributed by atoms with van der Waals surface area (Å²) in [4.78, 5) is 54.1. The van der Waals surface area contributed by atoms with Crippen LogP contribution < -0.4 is 0 Å². The molecule has 2 heterocycles. The van der Waals surface area contributed by atoms with Gasteiger partial charge in [-0.05, 0) is 18.6 Å². The molecule has 2 aliphatic rings. The summed E-state index contributed by atoms with van der Waals surface area (Å²) in [5.41, 5.74) is -0.694. The fourth-order valence-electron chi connectivity index (χ4n) is 2.91. The molecule has 7 nitrogen and oxygen atoms in total. The molecule has 3 amide bonds. The molecule has 3 rings (SSSR count). The van der Waals surface area contributed by atoms with E-state index in [1.165, 1.54) is 6.92 Å². The van der Waals surface area contributed by atoms with Crippen LogP contribution in [0.3, 0.4) is 0 Å². The maximum absolute atomic E-state index is 12.5. The molecule has 1 unspecified atom stereocenters. The Morgan fingerprint density at radius 3 is 2.14 bits per heavy atom. The molecule has 1 atom stereocenters. The number of β-lactam (4-membered cyclic amide) rings is 1. The molecule has 1 aromatic carbocycles. The minimum Gasteiger partial charge on any atom is -0.338 e. The topological polar surface area (TPSA) is 84.0 Å². The van der Waals surface area contributed by atoms with Crippen molar-refractivity contribution in [2.75, 3.05) is 6.54 Å². The predicted octanol–water partition coefficient (Wildman–Crippen LogP) is 0.752. The van der Waals surface area contributed by atoms with Gasteiger partial charge in [0.1, 0.15) is 0 Å². The van der Waals surface area contributed by atoms with Crippen molar-refractivity contribution in [3.05, 3.63) is 35.4 Å². The summed E-state index contributed by atoms with van der Waals surface area (Å²) in [6.07, 6.45) is 0.259. The number of hydrogen-bond acceptors (Lipinski definition) is 5. The Morgan fingerprint density at radius 2 is 1.73 bits per heavy atom. The number of amides is 3. The molecular formula is C15H14N2O5. The van der Waals surface area contributed by atoms with Gasteiger partial charge in [0, 0.05) is 6.92 Å². The van der Waals surface area contributed by atoms with Crippen molar-refractivity contribution in [2.24, 2.45) is 0 Å². The maximum Gasteiger partial charge on any atom is 0.329 e. The highest BCUT2D eigenvalue weighted by atomic mass is 16.7. The summed E-state index contributed by atoms with van der Waals surface area (Å²) in [5.74, 6) is -2.16. The van der Waals surface area contributed by atoms with E-state index in [1.54, 1.807) is 31.2 Å². The van der Waals surface area contributed by atoms with Gasteiger partial charge in [-0.1, -0.05) is 19.1 Å². The van der Waals surface area contributed by atoms with Crippen LogP contribution in [0.4, 0.5) is 0 Å². The Kier molecular flexibility index (Phi) is 3.01. The van der Waals surface area contributed by atoms with Gasteiger partial charge in [0.2, 0.25) is 0 Å². The molecule has 1 aromatic rings. The number of fused-ring (bicyclic) bond motifs is 1. The Bertz CT molecular complexity index is 679. The first kappa shape index (κ1) is 14.2. The van der Waals surface area contributed by atoms with Crippen LogP contribution in [0.25, 0.3) is 0 Å². The second-order valence-electron chi connectivity index (χ2n) is 5.30. The van der Waals surface area contributed by atoms with Gasteiger partial charge in [0.15, 0.2) is 5.54 Å². The van der Waals surface area contributed by atoms with Gasteiger partial charge in [-0.15, -0.1) is 0 Å². The van der Waals surface area contributed by atoms with Crippen molar-refractivity contribution < 1.29 is 24.0 Å². The molecule has 0 aromatic heterocycles. The van der Waals surface area contributed by atoms with E-state index in [4.69, 9.17) is 4.84 Å². The summed E-state index contributed by atoms with van der Waals surface area (Å²) < 4.78 is 0. The van der Waals surface area contributed by atoms with Crippen molar-refractivity contribution in [1.29, 1.82) is 0 Å². The van der Waals surface area contributed by atoms with Gasteiger partial charge in [-0.25, -0.2) is 0 Å². The number of nitrogens with zero attached hydrogens (tertiary/aromatic N) is 2. The van der Waals surface area contributed by atoms with Crippen LogP contribution in [0.5, 0.6) is 0 Å². The smallest absolute Gasteiger partial charge is 0.329 e. The largest absolute Gasteiger partial charge is 0.338 e. The van der Waals surface area contributed by atoms with Crippen LogP contribution in [0.1, 0.15) is 41.0 Å². The van der Waals surface area contributed by atoms with E-state index in [9.17, 15) is 19.2 Å². The van der Waals surface area contributed by atoms with Crippen LogP contribution in [0.2, 0.25) is 0 Å². The second kappa shape index (κ2) is 4.66. The standard InChI is InChI=1S/C15H14N2O5/c1-3-15(8-16(14(15)21)22-9(2)18)17-12(19)10-6-4-5-7-11(10)13(17)20/h4-7H,3,8H2,1-2H3. The highest BCUT2D eigenvalue weighted by molar-refractivity contribution is 6.24. The molecule has 7 heteroatoms. The quantitative estimate of drug-likeness (QED) is 0.608. The average Bonchev–Trinajstić information content (AvgIpc) is 2.76. The van der Waals surface area contributed by atoms with Crippen molar-refractivity contribution in [1.82, 2.24) is 9.96 Å². The lowest BCUT2D eigenvalue weighted by Crippen LogP contribution is -2.74. The normalized spacial score (nSPS) is 23.5. The third-order valence-electron chi connectivity index (χ3n) is 4.08. The Morgan fingerprint density at radius 1 is 1.18 bits per heavy atom. The van der Waals surface area contributed by atoms with Gasteiger partial charge >= 0.3 is 5.97 Å². The molecule has 0 spiro atoms. The Hall–Kier alpha value is -2.70. The van der Waals surface area contributed by atoms with Crippen molar-refractivity contribution in [3.63, 3.8) is 0 Å². The number of carbonyl (C=O) groups is 4. The lowest BCUT2D eigenvalue weighted by molar-refractivity contribution is -0.231. The molecule has 1 saturated heterocycles. The second-order valence-corrected chi connectivity index (χ2v) is 5.30. The molecule has 1 fully saturated rings. The van der Waals surface area contributed by atoms with E-state index in [1.807, 2.05) is 0 Å². The zero-order valence-electron chi connectivity index (χ0n) is 12.2. The van der Waals surface area contributed by atoms with E-state index in [0.29, 0.717) is 11.1 Å². The van der Waals surface area contributed by atoms with Crippen LogP contribution in [-0.2, 0) is 14.4 Å². The Balaban J connectivity index is 1.94. The van der Waals surface area contributed by atoms with Gasteiger partial charge in [0.05, 0.1) is 17.7 Å². The zero-order chi connectivity index (χ0) is 16.1. The molecule has 0 N–H and O–H groups in total. The summed E-state index contributed by atoms with van der Waals surface area (Å²) >= 11 is 0. The number of imide groups is 1. The van der Waals surface area contributed by atoms with Crippen LogP contribution in [0.15, 0.2) is 24.3 Å². The number of benzene rings is 1. The van der Waals surface area contributed by atoms with Gasteiger partial charge < -0.3 is 4.84 Å². The Labute approximate surface area is 126 Å². The van der Waals surface area contributed by atoms with Crippen molar-refractivity contribution in [3.8, 4) is 0 Å². The van der Waals surface area contributed by atoms with Crippen LogP contribution in [-0.4, -0.2) is 45.7 Å². The highest BCUT2D eigenvalue weighted by Crippen LogP contribution is 2.38. The number of hydrogen-bond donors (Lipinski definition) is 0. The summed E-state index contributed by atoms with van der Waals surface area (Å²) in [5, 5.41) is 0.884. The third-order valence-corrected chi connectivity index (χ3v) is 4.08. The van der Waals surface area contributed by atoms with E-state index in [2.05, 4.69) is 0 Å². The monoisotopic (exact) mass is 302 g/mol. The summed E-state index contributed by atoms with van der Waals surface area (Å²) in [7, 11) is 0. The third kappa shape index (κ3) is 1.68. The fourth-order valence-corrected chi connectivity index (χ4v) is 2.91.